The minimum absolute atomic E-state index is 0.0497. The second kappa shape index (κ2) is 28.0. The van der Waals surface area contributed by atoms with Crippen LogP contribution in [0.3, 0.4) is 0 Å². The van der Waals surface area contributed by atoms with Crippen molar-refractivity contribution in [1.29, 1.82) is 0 Å². The van der Waals surface area contributed by atoms with E-state index >= 15 is 9.59 Å². The van der Waals surface area contributed by atoms with Gasteiger partial charge < -0.3 is 62.3 Å². The van der Waals surface area contributed by atoms with Crippen molar-refractivity contribution in [3.8, 4) is 0 Å². The van der Waals surface area contributed by atoms with Crippen LogP contribution in [-0.2, 0) is 78.5 Å². The summed E-state index contributed by atoms with van der Waals surface area (Å²) in [7, 11) is 0. The molecule has 7 aromatic rings. The zero-order valence-corrected chi connectivity index (χ0v) is 49.0. The average molecular weight is 1240 g/mol. The van der Waals surface area contributed by atoms with Crippen molar-refractivity contribution in [2.75, 3.05) is 19.8 Å². The Bertz CT molecular complexity index is 3640. The Kier molecular flexibility index (Phi) is 18.9. The van der Waals surface area contributed by atoms with Gasteiger partial charge in [-0.15, -0.1) is 0 Å². The number of hydrogen-bond acceptors (Lipinski definition) is 18. The third-order valence-corrected chi connectivity index (χ3v) is 17.0. The van der Waals surface area contributed by atoms with E-state index in [0.717, 1.165) is 20.9 Å². The summed E-state index contributed by atoms with van der Waals surface area (Å²) in [4.78, 5) is 65.6. The van der Waals surface area contributed by atoms with Gasteiger partial charge >= 0.3 is 0 Å². The van der Waals surface area contributed by atoms with Gasteiger partial charge in [-0.3, -0.25) is 29.0 Å². The van der Waals surface area contributed by atoms with Crippen LogP contribution >= 0.6 is 0 Å². The largest absolute Gasteiger partial charge is 0.387 e. The number of amides is 4. The lowest BCUT2D eigenvalue weighted by Gasteiger charge is -2.53. The molecule has 13 rings (SSSR count). The maximum Gasteiger partial charge on any atom is 0.262 e. The van der Waals surface area contributed by atoms with Crippen LogP contribution in [0.1, 0.15) is 75.5 Å². The topological polar surface area (TPSA) is 266 Å². The number of azide groups is 1. The first-order valence-corrected chi connectivity index (χ1v) is 30.1. The van der Waals surface area contributed by atoms with Gasteiger partial charge in [0.25, 0.3) is 23.6 Å². The monoisotopic (exact) mass is 1240 g/mol. The van der Waals surface area contributed by atoms with Crippen LogP contribution in [0.25, 0.3) is 10.4 Å². The highest BCUT2D eigenvalue weighted by atomic mass is 16.8. The van der Waals surface area contributed by atoms with Crippen molar-refractivity contribution in [2.24, 2.45) is 5.11 Å². The molecule has 0 bridgehead atoms. The molecule has 6 aliphatic rings. The fourth-order valence-electron chi connectivity index (χ4n) is 12.6. The second-order valence-electron chi connectivity index (χ2n) is 22.8. The van der Waals surface area contributed by atoms with Gasteiger partial charge in [-0.2, -0.15) is 0 Å². The van der Waals surface area contributed by atoms with Gasteiger partial charge in [-0.25, -0.2) is 0 Å². The molecule has 2 N–H and O–H groups in total. The molecule has 0 saturated carbocycles. The number of benzene rings is 7. The van der Waals surface area contributed by atoms with Gasteiger partial charge in [0.2, 0.25) is 0 Å². The summed E-state index contributed by atoms with van der Waals surface area (Å²) in [6, 6.07) is 55.3. The van der Waals surface area contributed by atoms with Crippen LogP contribution in [0.5, 0.6) is 0 Å². The van der Waals surface area contributed by atoms with E-state index in [1.165, 1.54) is 24.3 Å². The average Bonchev–Trinajstić information content (AvgIpc) is 1.73. The highest BCUT2D eigenvalue weighted by molar-refractivity contribution is 6.22. The fraction of sp³-hybridized carbons (Fsp3) is 0.333. The number of imide groups is 2. The molecule has 0 aliphatic carbocycles. The lowest BCUT2D eigenvalue weighted by molar-refractivity contribution is -0.388. The van der Waals surface area contributed by atoms with Gasteiger partial charge in [0.05, 0.1) is 68.5 Å². The highest BCUT2D eigenvalue weighted by Gasteiger charge is 2.61. The molecule has 468 valence electrons. The maximum atomic E-state index is 15.4. The molecule has 7 aromatic carbocycles. The highest BCUT2D eigenvalue weighted by Crippen LogP contribution is 2.43. The number of ether oxygens (including phenoxy) is 11. The Balaban J connectivity index is 0.940. The molecule has 22 nitrogen and oxygen atoms in total. The molecule has 6 heterocycles. The Morgan fingerprint density at radius 3 is 1.34 bits per heavy atom. The first-order chi connectivity index (χ1) is 44.6. The molecule has 16 unspecified atom stereocenters. The van der Waals surface area contributed by atoms with Crippen LogP contribution < -0.4 is 0 Å². The predicted octanol–water partition coefficient (Wildman–Crippen LogP) is 8.01. The van der Waals surface area contributed by atoms with Crippen molar-refractivity contribution in [3.63, 3.8) is 0 Å². The van der Waals surface area contributed by atoms with Crippen LogP contribution in [0.4, 0.5) is 0 Å². The minimum Gasteiger partial charge on any atom is -0.387 e. The molecule has 6 aliphatic heterocycles. The zero-order chi connectivity index (χ0) is 62.4. The number of aliphatic hydroxyl groups excluding tert-OH is 2. The third kappa shape index (κ3) is 13.0. The number of hydrogen-bond donors (Lipinski definition) is 2. The lowest BCUT2D eigenvalue weighted by Crippen LogP contribution is -2.71. The third-order valence-electron chi connectivity index (χ3n) is 17.0. The Labute approximate surface area is 523 Å². The number of fused-ring (bicyclic) bond motifs is 3. The van der Waals surface area contributed by atoms with E-state index in [0.29, 0.717) is 16.7 Å². The van der Waals surface area contributed by atoms with E-state index in [4.69, 9.17) is 52.1 Å². The van der Waals surface area contributed by atoms with Crippen molar-refractivity contribution in [1.82, 2.24) is 9.80 Å². The zero-order valence-electron chi connectivity index (χ0n) is 49.0. The summed E-state index contributed by atoms with van der Waals surface area (Å²) in [6.07, 6.45) is -20.1. The van der Waals surface area contributed by atoms with Gasteiger partial charge in [0, 0.05) is 10.5 Å². The van der Waals surface area contributed by atoms with Gasteiger partial charge in [0.15, 0.2) is 25.1 Å². The number of carbonyl (C=O) groups is 4. The molecule has 16 atom stereocenters. The smallest absolute Gasteiger partial charge is 0.262 e. The first-order valence-electron chi connectivity index (χ1n) is 30.1. The predicted molar refractivity (Wildman–Crippen MR) is 321 cm³/mol. The SMILES string of the molecule is [N-]=[N+]=NC1OC(COCc2ccccc2)C(OC2OC(COCc3ccccc3)C(OC3OC4COC(c5ccccc5)OC4C(O)C3O)C(OCc3ccccc3)C2N2C(=O)c3ccccc3C2=O)C(OCc2ccccc2)C1N1C(=O)c2ccccc2C1=O. The number of nitrogens with zero attached hydrogens (tertiary/aromatic N) is 5. The molecule has 4 fully saturated rings. The van der Waals surface area contributed by atoms with Crippen molar-refractivity contribution in [3.05, 3.63) is 261 Å². The Morgan fingerprint density at radius 2 is 0.868 bits per heavy atom. The normalized spacial score (nSPS) is 29.5. The molecule has 4 amide bonds. The van der Waals surface area contributed by atoms with E-state index in [9.17, 15) is 25.3 Å². The van der Waals surface area contributed by atoms with Gasteiger partial charge in [0.1, 0.15) is 73.1 Å². The molecular formula is C69H65N5O17. The Hall–Kier alpha value is -8.39. The summed E-state index contributed by atoms with van der Waals surface area (Å²) in [5.74, 6) is -2.96. The summed E-state index contributed by atoms with van der Waals surface area (Å²) in [6.45, 7) is -0.915. The van der Waals surface area contributed by atoms with Gasteiger partial charge in [-0.1, -0.05) is 181 Å². The quantitative estimate of drug-likeness (QED) is 0.0282. The second-order valence-corrected chi connectivity index (χ2v) is 22.8. The molecule has 22 heteroatoms. The molecule has 0 aromatic heterocycles. The standard InChI is InChI=1S/C69H65N5O17/c70-72-71-62-53(73-63(77)46-30-16-17-31-47(46)64(73)78)60(83-36-43-24-10-3-11-25-43)58(50(86-62)38-81-34-41-20-6-1-7-21-41)90-68-54(74-65(79)48-32-18-19-33-49(48)66(74)80)61(84-37-44-26-12-4-13-27-44)59(51(87-68)39-82-35-42-22-8-2-9-23-42)91-69-56(76)55(75)57-52(88-69)40-85-67(89-57)45-28-14-5-15-29-45/h1-33,50-62,67-69,75-76H,34-40H2. The van der Waals surface area contributed by atoms with Crippen LogP contribution in [0.2, 0.25) is 0 Å². The number of aliphatic hydroxyl groups is 2. The van der Waals surface area contributed by atoms with E-state index in [2.05, 4.69) is 10.0 Å². The summed E-state index contributed by atoms with van der Waals surface area (Å²) in [5.41, 5.74) is 14.2. The maximum absolute atomic E-state index is 15.4. The fourth-order valence-corrected chi connectivity index (χ4v) is 12.6. The first kappa shape index (κ1) is 61.5. The van der Waals surface area contributed by atoms with E-state index < -0.39 is 122 Å². The van der Waals surface area contributed by atoms with Crippen LogP contribution in [0, 0.1) is 0 Å². The van der Waals surface area contributed by atoms with E-state index in [-0.39, 0.29) is 68.5 Å². The summed E-state index contributed by atoms with van der Waals surface area (Å²) >= 11 is 0. The summed E-state index contributed by atoms with van der Waals surface area (Å²) in [5, 5.41) is 28.4. The van der Waals surface area contributed by atoms with E-state index in [1.54, 1.807) is 24.3 Å². The lowest BCUT2D eigenvalue weighted by atomic mass is 9.92. The van der Waals surface area contributed by atoms with Crippen molar-refractivity contribution >= 4 is 23.6 Å². The van der Waals surface area contributed by atoms with Crippen LogP contribution in [0.15, 0.2) is 205 Å². The van der Waals surface area contributed by atoms with Gasteiger partial charge in [-0.05, 0) is 52.1 Å². The van der Waals surface area contributed by atoms with Crippen molar-refractivity contribution in [2.45, 2.75) is 125 Å². The Morgan fingerprint density at radius 1 is 0.462 bits per heavy atom. The molecule has 4 saturated heterocycles. The number of carbonyl (C=O) groups excluding carboxylic acids is 4. The van der Waals surface area contributed by atoms with Crippen molar-refractivity contribution < 1.29 is 81.5 Å². The summed E-state index contributed by atoms with van der Waals surface area (Å²) < 4.78 is 74.5. The van der Waals surface area contributed by atoms with Crippen LogP contribution in [-0.4, -0.2) is 155 Å². The molecular weight excluding hydrogens is 1170 g/mol. The molecule has 91 heavy (non-hydrogen) atoms. The minimum atomic E-state index is -1.80. The molecule has 0 spiro atoms. The number of rotatable bonds is 22. The van der Waals surface area contributed by atoms with E-state index in [1.807, 2.05) is 152 Å². The molecule has 0 radical (unpaired) electrons.